The maximum Gasteiger partial charge on any atom is 0.356 e. The number of aromatic nitrogens is 2. The summed E-state index contributed by atoms with van der Waals surface area (Å²) in [6, 6.07) is 3.19. The molecule has 0 spiro atoms. The Morgan fingerprint density at radius 2 is 2.08 bits per heavy atom. The van der Waals surface area contributed by atoms with Crippen LogP contribution in [0.2, 0.25) is 0 Å². The van der Waals surface area contributed by atoms with E-state index >= 15 is 0 Å². The van der Waals surface area contributed by atoms with E-state index in [0.717, 1.165) is 0 Å². The molecule has 0 saturated carbocycles. The fourth-order valence-electron chi connectivity index (χ4n) is 2.89. The minimum absolute atomic E-state index is 0.0122. The highest BCUT2D eigenvalue weighted by molar-refractivity contribution is 5.96. The van der Waals surface area contributed by atoms with Crippen LogP contribution in [0.15, 0.2) is 16.9 Å². The van der Waals surface area contributed by atoms with Crippen molar-refractivity contribution in [2.45, 2.75) is 26.2 Å². The van der Waals surface area contributed by atoms with Gasteiger partial charge in [0.1, 0.15) is 11.4 Å². The van der Waals surface area contributed by atoms with E-state index in [-0.39, 0.29) is 30.4 Å². The third kappa shape index (κ3) is 2.66. The van der Waals surface area contributed by atoms with Crippen LogP contribution in [-0.4, -0.2) is 33.6 Å². The number of imidazole rings is 1. The standard InChI is InChI=1S/C16H17N3O5/c1-3-24-15(22)14-13(18-16(23)19-14)9-5-12(21)17-10-6-11(20)7(2)4-8(9)10/h4,6,9,20H,3,5H2,1-2H3,(H,17,21)(H2,18,19,23)/t9-/m0/s1. The maximum atomic E-state index is 12.1. The summed E-state index contributed by atoms with van der Waals surface area (Å²) in [7, 11) is 0. The van der Waals surface area contributed by atoms with Crippen LogP contribution in [0, 0.1) is 6.92 Å². The number of amides is 1. The van der Waals surface area contributed by atoms with Crippen LogP contribution in [0.5, 0.6) is 5.75 Å². The van der Waals surface area contributed by atoms with Crippen LogP contribution in [0.4, 0.5) is 5.69 Å². The number of fused-ring (bicyclic) bond motifs is 1. The molecule has 1 atom stereocenters. The Balaban J connectivity index is 2.15. The molecular formula is C16H17N3O5. The summed E-state index contributed by atoms with van der Waals surface area (Å²) in [5, 5.41) is 12.5. The molecule has 0 unspecified atom stereocenters. The number of H-pyrrole nitrogens is 2. The summed E-state index contributed by atoms with van der Waals surface area (Å²) >= 11 is 0. The third-order valence-corrected chi connectivity index (χ3v) is 3.99. The molecule has 1 aliphatic heterocycles. The number of rotatable bonds is 3. The van der Waals surface area contributed by atoms with Crippen molar-refractivity contribution < 1.29 is 19.4 Å². The summed E-state index contributed by atoms with van der Waals surface area (Å²) in [5.41, 5.74) is 1.57. The van der Waals surface area contributed by atoms with E-state index < -0.39 is 17.6 Å². The topological polar surface area (TPSA) is 124 Å². The fraction of sp³-hybridized carbons (Fsp3) is 0.312. The van der Waals surface area contributed by atoms with Crippen LogP contribution in [0.3, 0.4) is 0 Å². The van der Waals surface area contributed by atoms with E-state index in [9.17, 15) is 19.5 Å². The zero-order chi connectivity index (χ0) is 17.4. The number of aromatic hydroxyl groups is 1. The largest absolute Gasteiger partial charge is 0.508 e. The Hall–Kier alpha value is -3.03. The zero-order valence-electron chi connectivity index (χ0n) is 13.2. The van der Waals surface area contributed by atoms with Crippen molar-refractivity contribution in [3.05, 3.63) is 45.1 Å². The van der Waals surface area contributed by atoms with Gasteiger partial charge in [-0.1, -0.05) is 0 Å². The highest BCUT2D eigenvalue weighted by Gasteiger charge is 2.32. The summed E-state index contributed by atoms with van der Waals surface area (Å²) in [5.74, 6) is -1.39. The molecule has 1 aromatic heterocycles. The lowest BCUT2D eigenvalue weighted by molar-refractivity contribution is -0.116. The molecule has 8 nitrogen and oxygen atoms in total. The first-order chi connectivity index (χ1) is 11.4. The molecule has 3 rings (SSSR count). The molecule has 126 valence electrons. The van der Waals surface area contributed by atoms with Crippen molar-refractivity contribution in [2.75, 3.05) is 11.9 Å². The van der Waals surface area contributed by atoms with Gasteiger partial charge in [-0.05, 0) is 31.0 Å². The average molecular weight is 331 g/mol. The molecule has 0 saturated heterocycles. The van der Waals surface area contributed by atoms with Crippen LogP contribution in [-0.2, 0) is 9.53 Å². The molecule has 4 N–H and O–H groups in total. The van der Waals surface area contributed by atoms with Gasteiger partial charge < -0.3 is 20.1 Å². The Labute approximate surface area is 136 Å². The molecular weight excluding hydrogens is 314 g/mol. The molecule has 2 heterocycles. The van der Waals surface area contributed by atoms with Gasteiger partial charge in [0.2, 0.25) is 5.91 Å². The molecule has 0 radical (unpaired) electrons. The number of phenols is 1. The number of hydrogen-bond acceptors (Lipinski definition) is 5. The lowest BCUT2D eigenvalue weighted by atomic mass is 9.86. The number of ether oxygens (including phenoxy) is 1. The van der Waals surface area contributed by atoms with Gasteiger partial charge in [0.05, 0.1) is 12.3 Å². The first-order valence-corrected chi connectivity index (χ1v) is 7.53. The normalized spacial score (nSPS) is 16.4. The molecule has 1 aliphatic rings. The number of benzene rings is 1. The van der Waals surface area contributed by atoms with Gasteiger partial charge in [-0.2, -0.15) is 0 Å². The van der Waals surface area contributed by atoms with E-state index in [1.807, 2.05) is 0 Å². The molecule has 24 heavy (non-hydrogen) atoms. The number of phenolic OH excluding ortho intramolecular Hbond substituents is 1. The predicted octanol–water partition coefficient (Wildman–Crippen LogP) is 1.37. The second-order valence-corrected chi connectivity index (χ2v) is 5.62. The molecule has 8 heteroatoms. The van der Waals surface area contributed by atoms with Gasteiger partial charge >= 0.3 is 11.7 Å². The molecule has 1 amide bonds. The Morgan fingerprint density at radius 3 is 2.79 bits per heavy atom. The fourth-order valence-corrected chi connectivity index (χ4v) is 2.89. The quantitative estimate of drug-likeness (QED) is 0.632. The molecule has 0 bridgehead atoms. The Morgan fingerprint density at radius 1 is 1.33 bits per heavy atom. The van der Waals surface area contributed by atoms with Gasteiger partial charge in [0, 0.05) is 24.1 Å². The number of aromatic amines is 2. The van der Waals surface area contributed by atoms with E-state index in [1.165, 1.54) is 6.07 Å². The highest BCUT2D eigenvalue weighted by Crippen LogP contribution is 2.40. The summed E-state index contributed by atoms with van der Waals surface area (Å²) < 4.78 is 4.96. The minimum Gasteiger partial charge on any atom is -0.508 e. The highest BCUT2D eigenvalue weighted by atomic mass is 16.5. The Kier molecular flexibility index (Phi) is 3.88. The van der Waals surface area contributed by atoms with Gasteiger partial charge in [0.15, 0.2) is 0 Å². The lowest BCUT2D eigenvalue weighted by Crippen LogP contribution is -2.25. The van der Waals surface area contributed by atoms with Gasteiger partial charge in [-0.15, -0.1) is 0 Å². The van der Waals surface area contributed by atoms with Gasteiger partial charge in [0.25, 0.3) is 0 Å². The zero-order valence-corrected chi connectivity index (χ0v) is 13.2. The van der Waals surface area contributed by atoms with Crippen LogP contribution in [0.25, 0.3) is 0 Å². The van der Waals surface area contributed by atoms with Crippen molar-refractivity contribution >= 4 is 17.6 Å². The first kappa shape index (κ1) is 15.9. The molecule has 0 fully saturated rings. The predicted molar refractivity (Wildman–Crippen MR) is 85.3 cm³/mol. The number of esters is 1. The molecule has 0 aliphatic carbocycles. The lowest BCUT2D eigenvalue weighted by Gasteiger charge is -2.26. The van der Waals surface area contributed by atoms with E-state index in [2.05, 4.69) is 15.3 Å². The number of carbonyl (C=O) groups excluding carboxylic acids is 2. The van der Waals surface area contributed by atoms with Crippen LogP contribution >= 0.6 is 0 Å². The second kappa shape index (κ2) is 5.88. The van der Waals surface area contributed by atoms with Crippen LogP contribution in [0.1, 0.15) is 46.6 Å². The van der Waals surface area contributed by atoms with Crippen molar-refractivity contribution in [2.24, 2.45) is 0 Å². The number of hydrogen-bond donors (Lipinski definition) is 4. The first-order valence-electron chi connectivity index (χ1n) is 7.53. The number of anilines is 1. The van der Waals surface area contributed by atoms with E-state index in [1.54, 1.807) is 19.9 Å². The summed E-state index contributed by atoms with van der Waals surface area (Å²) in [6.07, 6.45) is 0.0669. The monoisotopic (exact) mass is 331 g/mol. The van der Waals surface area contributed by atoms with Crippen molar-refractivity contribution in [1.82, 2.24) is 9.97 Å². The minimum atomic E-state index is -0.658. The summed E-state index contributed by atoms with van der Waals surface area (Å²) in [4.78, 5) is 40.8. The van der Waals surface area contributed by atoms with Gasteiger partial charge in [-0.3, -0.25) is 9.78 Å². The molecule has 1 aromatic carbocycles. The van der Waals surface area contributed by atoms with E-state index in [0.29, 0.717) is 22.5 Å². The second-order valence-electron chi connectivity index (χ2n) is 5.62. The number of aryl methyl sites for hydroxylation is 1. The maximum absolute atomic E-state index is 12.1. The van der Waals surface area contributed by atoms with Crippen molar-refractivity contribution in [1.29, 1.82) is 0 Å². The molecule has 2 aromatic rings. The SMILES string of the molecule is CCOC(=O)c1[nH]c(=O)[nH]c1[C@H]1CC(=O)Nc2cc(O)c(C)cc21. The smallest absolute Gasteiger partial charge is 0.356 e. The number of carbonyl (C=O) groups is 2. The van der Waals surface area contributed by atoms with Crippen molar-refractivity contribution in [3.63, 3.8) is 0 Å². The van der Waals surface area contributed by atoms with Crippen molar-refractivity contribution in [3.8, 4) is 5.75 Å². The average Bonchev–Trinajstić information content (AvgIpc) is 2.90. The number of nitrogens with one attached hydrogen (secondary N) is 3. The Bertz CT molecular complexity index is 880. The van der Waals surface area contributed by atoms with Gasteiger partial charge in [-0.25, -0.2) is 9.59 Å². The van der Waals surface area contributed by atoms with Crippen LogP contribution < -0.4 is 11.0 Å². The van der Waals surface area contributed by atoms with E-state index in [4.69, 9.17) is 4.74 Å². The summed E-state index contributed by atoms with van der Waals surface area (Å²) in [6.45, 7) is 3.56. The third-order valence-electron chi connectivity index (χ3n) is 3.99.